The highest BCUT2D eigenvalue weighted by Gasteiger charge is 2.20. The Bertz CT molecular complexity index is 439. The van der Waals surface area contributed by atoms with E-state index in [0.717, 1.165) is 12.8 Å². The van der Waals surface area contributed by atoms with E-state index >= 15 is 0 Å². The number of esters is 1. The van der Waals surface area contributed by atoms with Gasteiger partial charge in [-0.3, -0.25) is 4.79 Å². The van der Waals surface area contributed by atoms with E-state index in [2.05, 4.69) is 0 Å². The topological polar surface area (TPSA) is 43.4 Å². The Kier molecular flexibility index (Phi) is 4.37. The van der Waals surface area contributed by atoms with Crippen molar-refractivity contribution in [2.45, 2.75) is 38.2 Å². The van der Waals surface area contributed by atoms with Crippen LogP contribution in [0.4, 0.5) is 0 Å². The summed E-state index contributed by atoms with van der Waals surface area (Å²) in [6.07, 6.45) is 3.19. The number of carbonyl (C=O) groups is 2. The van der Waals surface area contributed by atoms with Crippen molar-refractivity contribution in [2.75, 3.05) is 0 Å². The van der Waals surface area contributed by atoms with Crippen molar-refractivity contribution in [1.82, 2.24) is 0 Å². The van der Waals surface area contributed by atoms with E-state index < -0.39 is 0 Å². The van der Waals surface area contributed by atoms with Crippen LogP contribution in [0.25, 0.3) is 0 Å². The van der Waals surface area contributed by atoms with Crippen LogP contribution in [0.2, 0.25) is 5.02 Å². The third-order valence-corrected chi connectivity index (χ3v) is 3.33. The minimum Gasteiger partial charge on any atom is -0.459 e. The highest BCUT2D eigenvalue weighted by Crippen LogP contribution is 2.19. The molecule has 1 unspecified atom stereocenters. The lowest BCUT2D eigenvalue weighted by Crippen LogP contribution is -2.17. The molecule has 0 radical (unpaired) electrons. The van der Waals surface area contributed by atoms with Gasteiger partial charge in [0.1, 0.15) is 11.9 Å². The van der Waals surface area contributed by atoms with E-state index in [-0.39, 0.29) is 17.9 Å². The minimum atomic E-state index is -0.342. The van der Waals surface area contributed by atoms with E-state index in [1.54, 1.807) is 24.3 Å². The molecule has 0 spiro atoms. The molecule has 0 saturated heterocycles. The summed E-state index contributed by atoms with van der Waals surface area (Å²) in [4.78, 5) is 23.1. The number of halogens is 1. The Balaban J connectivity index is 1.94. The molecule has 0 N–H and O–H groups in total. The Labute approximate surface area is 111 Å². The summed E-state index contributed by atoms with van der Waals surface area (Å²) in [5.74, 6) is -0.0777. The lowest BCUT2D eigenvalue weighted by molar-refractivity contribution is -0.119. The zero-order chi connectivity index (χ0) is 13.0. The first-order valence-electron chi connectivity index (χ1n) is 6.13. The summed E-state index contributed by atoms with van der Waals surface area (Å²) < 4.78 is 5.41. The average molecular weight is 267 g/mol. The minimum absolute atomic E-state index is 0.139. The van der Waals surface area contributed by atoms with Crippen molar-refractivity contribution in [2.24, 2.45) is 0 Å². The van der Waals surface area contributed by atoms with Crippen molar-refractivity contribution in [3.8, 4) is 0 Å². The summed E-state index contributed by atoms with van der Waals surface area (Å²) in [5.41, 5.74) is 0.495. The zero-order valence-electron chi connectivity index (χ0n) is 10.0. The van der Waals surface area contributed by atoms with Gasteiger partial charge in [-0.15, -0.1) is 0 Å². The fourth-order valence-corrected chi connectivity index (χ4v) is 2.17. The van der Waals surface area contributed by atoms with Crippen molar-refractivity contribution in [1.29, 1.82) is 0 Å². The van der Waals surface area contributed by atoms with Gasteiger partial charge in [0.25, 0.3) is 0 Å². The van der Waals surface area contributed by atoms with Crippen LogP contribution in [0.15, 0.2) is 24.3 Å². The van der Waals surface area contributed by atoms with Crippen LogP contribution < -0.4 is 0 Å². The number of benzene rings is 1. The van der Waals surface area contributed by atoms with Gasteiger partial charge in [-0.2, -0.15) is 0 Å². The molecule has 1 aromatic carbocycles. The maximum atomic E-state index is 11.9. The molecular weight excluding hydrogens is 252 g/mol. The molecule has 3 nitrogen and oxygen atoms in total. The largest absolute Gasteiger partial charge is 0.459 e. The van der Waals surface area contributed by atoms with Gasteiger partial charge in [0.2, 0.25) is 0 Å². The number of carbonyl (C=O) groups excluding carboxylic acids is 2. The van der Waals surface area contributed by atoms with E-state index in [1.807, 2.05) is 0 Å². The second-order valence-corrected chi connectivity index (χ2v) is 4.94. The molecule has 96 valence electrons. The number of Topliss-reactive ketones (excluding diaryl/α,β-unsaturated/α-hetero) is 1. The normalized spacial score (nSPS) is 20.3. The maximum absolute atomic E-state index is 11.9. The monoisotopic (exact) mass is 266 g/mol. The van der Waals surface area contributed by atoms with Gasteiger partial charge in [0, 0.05) is 17.9 Å². The quantitative estimate of drug-likeness (QED) is 0.609. The highest BCUT2D eigenvalue weighted by molar-refractivity contribution is 6.30. The van der Waals surface area contributed by atoms with E-state index in [0.29, 0.717) is 29.8 Å². The Hall–Kier alpha value is -1.35. The Morgan fingerprint density at radius 3 is 2.61 bits per heavy atom. The summed E-state index contributed by atoms with van der Waals surface area (Å²) in [6.45, 7) is 0. The van der Waals surface area contributed by atoms with Crippen LogP contribution >= 0.6 is 11.6 Å². The highest BCUT2D eigenvalue weighted by atomic mass is 35.5. The third-order valence-electron chi connectivity index (χ3n) is 3.08. The molecule has 1 aliphatic carbocycles. The maximum Gasteiger partial charge on any atom is 0.338 e. The van der Waals surface area contributed by atoms with Crippen LogP contribution in [-0.2, 0) is 9.53 Å². The lowest BCUT2D eigenvalue weighted by Gasteiger charge is -2.15. The molecule has 1 aliphatic rings. The zero-order valence-corrected chi connectivity index (χ0v) is 10.8. The molecular formula is C14H15ClO3. The second kappa shape index (κ2) is 6.01. The van der Waals surface area contributed by atoms with Gasteiger partial charge >= 0.3 is 5.97 Å². The standard InChI is InChI=1S/C14H15ClO3/c15-11-6-4-10(5-7-11)14(17)18-13-3-1-2-12(16)8-9-13/h4-7,13H,1-3,8-9H2. The first kappa shape index (κ1) is 13.1. The molecule has 4 heteroatoms. The molecule has 1 atom stereocenters. The van der Waals surface area contributed by atoms with Crippen LogP contribution in [0.3, 0.4) is 0 Å². The van der Waals surface area contributed by atoms with Crippen molar-refractivity contribution < 1.29 is 14.3 Å². The number of ketones is 1. The van der Waals surface area contributed by atoms with E-state index in [1.165, 1.54) is 0 Å². The van der Waals surface area contributed by atoms with Crippen LogP contribution in [0, 0.1) is 0 Å². The first-order chi connectivity index (χ1) is 8.65. The molecule has 2 rings (SSSR count). The average Bonchev–Trinajstić information content (AvgIpc) is 2.55. The first-order valence-corrected chi connectivity index (χ1v) is 6.51. The summed E-state index contributed by atoms with van der Waals surface area (Å²) in [6, 6.07) is 6.61. The molecule has 1 fully saturated rings. The van der Waals surface area contributed by atoms with Crippen LogP contribution in [0.5, 0.6) is 0 Å². The van der Waals surface area contributed by atoms with Gasteiger partial charge in [-0.05, 0) is 43.5 Å². The Morgan fingerprint density at radius 2 is 1.89 bits per heavy atom. The smallest absolute Gasteiger partial charge is 0.338 e. The number of ether oxygens (including phenoxy) is 1. The molecule has 0 amide bonds. The van der Waals surface area contributed by atoms with Crippen LogP contribution in [-0.4, -0.2) is 17.9 Å². The summed E-state index contributed by atoms with van der Waals surface area (Å²) in [7, 11) is 0. The fraction of sp³-hybridized carbons (Fsp3) is 0.429. The van der Waals surface area contributed by atoms with Gasteiger partial charge < -0.3 is 4.74 Å². The number of rotatable bonds is 2. The lowest BCUT2D eigenvalue weighted by atomic mass is 10.1. The fourth-order valence-electron chi connectivity index (χ4n) is 2.04. The predicted octanol–water partition coefficient (Wildman–Crippen LogP) is 3.40. The molecule has 1 saturated carbocycles. The van der Waals surface area contributed by atoms with Crippen LogP contribution in [0.1, 0.15) is 42.5 Å². The third kappa shape index (κ3) is 3.57. The van der Waals surface area contributed by atoms with Gasteiger partial charge in [0.15, 0.2) is 0 Å². The van der Waals surface area contributed by atoms with Gasteiger partial charge in [0.05, 0.1) is 5.56 Å². The van der Waals surface area contributed by atoms with E-state index in [9.17, 15) is 9.59 Å². The van der Waals surface area contributed by atoms with Gasteiger partial charge in [-0.25, -0.2) is 4.79 Å². The molecule has 0 aromatic heterocycles. The molecule has 18 heavy (non-hydrogen) atoms. The van der Waals surface area contributed by atoms with Crippen molar-refractivity contribution in [3.63, 3.8) is 0 Å². The number of hydrogen-bond acceptors (Lipinski definition) is 3. The SMILES string of the molecule is O=C1CCCC(OC(=O)c2ccc(Cl)cc2)CC1. The van der Waals surface area contributed by atoms with Gasteiger partial charge in [-0.1, -0.05) is 11.6 Å². The van der Waals surface area contributed by atoms with E-state index in [4.69, 9.17) is 16.3 Å². The predicted molar refractivity (Wildman–Crippen MR) is 68.7 cm³/mol. The molecule has 1 aromatic rings. The van der Waals surface area contributed by atoms with Crippen molar-refractivity contribution >= 4 is 23.4 Å². The molecule has 0 aliphatic heterocycles. The van der Waals surface area contributed by atoms with Crippen molar-refractivity contribution in [3.05, 3.63) is 34.9 Å². The molecule has 0 bridgehead atoms. The number of hydrogen-bond donors (Lipinski definition) is 0. The molecule has 0 heterocycles. The Morgan fingerprint density at radius 1 is 1.17 bits per heavy atom. The summed E-state index contributed by atoms with van der Waals surface area (Å²) in [5, 5.41) is 0.589. The second-order valence-electron chi connectivity index (χ2n) is 4.50. The summed E-state index contributed by atoms with van der Waals surface area (Å²) >= 11 is 5.76.